The number of hydrazine groups is 1. The number of aromatic nitrogens is 4. The SMILES string of the molecule is COc1c(C#N)cc(C(C)(C)C)cc1C(=O)Nc1cnc(C)c(-n2cc(C(=O)NN3C(C)CCCC3C)nn2)c1. The number of hydrogen-bond acceptors (Lipinski definition) is 8. The van der Waals surface area contributed by atoms with E-state index in [0.717, 1.165) is 24.8 Å². The molecule has 1 aliphatic heterocycles. The van der Waals surface area contributed by atoms with Crippen LogP contribution in [0.15, 0.2) is 30.6 Å². The molecule has 4 rings (SSSR count). The lowest BCUT2D eigenvalue weighted by molar-refractivity contribution is 0.0366. The van der Waals surface area contributed by atoms with Gasteiger partial charge in [-0.05, 0) is 62.8 Å². The Kier molecular flexibility index (Phi) is 8.21. The van der Waals surface area contributed by atoms with E-state index in [9.17, 15) is 14.9 Å². The second-order valence-electron chi connectivity index (χ2n) is 11.3. The summed E-state index contributed by atoms with van der Waals surface area (Å²) in [5, 5.41) is 22.7. The Morgan fingerprint density at radius 3 is 2.45 bits per heavy atom. The summed E-state index contributed by atoms with van der Waals surface area (Å²) in [4.78, 5) is 30.7. The van der Waals surface area contributed by atoms with E-state index >= 15 is 0 Å². The van der Waals surface area contributed by atoms with Crippen LogP contribution < -0.4 is 15.5 Å². The molecule has 3 aromatic rings. The second-order valence-corrected chi connectivity index (χ2v) is 11.3. The van der Waals surface area contributed by atoms with E-state index in [4.69, 9.17) is 4.74 Å². The molecule has 2 N–H and O–H groups in total. The predicted octanol–water partition coefficient (Wildman–Crippen LogP) is 4.31. The predicted molar refractivity (Wildman–Crippen MR) is 150 cm³/mol. The summed E-state index contributed by atoms with van der Waals surface area (Å²) in [6, 6.07) is 7.79. The fourth-order valence-electron chi connectivity index (χ4n) is 4.86. The van der Waals surface area contributed by atoms with Crippen LogP contribution in [0.1, 0.15) is 91.5 Å². The molecule has 2 unspecified atom stereocenters. The van der Waals surface area contributed by atoms with Gasteiger partial charge in [-0.15, -0.1) is 5.10 Å². The van der Waals surface area contributed by atoms with Gasteiger partial charge in [0.25, 0.3) is 11.8 Å². The van der Waals surface area contributed by atoms with Gasteiger partial charge in [0.1, 0.15) is 11.8 Å². The number of nitriles is 1. The van der Waals surface area contributed by atoms with Crippen molar-refractivity contribution in [3.05, 3.63) is 58.7 Å². The number of benzene rings is 1. The number of carbonyl (C=O) groups is 2. The first-order valence-electron chi connectivity index (χ1n) is 13.4. The molecule has 2 amide bonds. The van der Waals surface area contributed by atoms with Gasteiger partial charge in [0.05, 0.1) is 47.7 Å². The Morgan fingerprint density at radius 2 is 1.82 bits per heavy atom. The maximum absolute atomic E-state index is 13.4. The summed E-state index contributed by atoms with van der Waals surface area (Å²) in [5.74, 6) is -0.571. The van der Waals surface area contributed by atoms with Gasteiger partial charge >= 0.3 is 0 Å². The molecule has 11 nitrogen and oxygen atoms in total. The van der Waals surface area contributed by atoms with Gasteiger partial charge in [-0.2, -0.15) is 5.26 Å². The molecule has 2 atom stereocenters. The fourth-order valence-corrected chi connectivity index (χ4v) is 4.86. The Balaban J connectivity index is 1.58. The zero-order valence-corrected chi connectivity index (χ0v) is 24.1. The van der Waals surface area contributed by atoms with Crippen LogP contribution in [0.2, 0.25) is 0 Å². The zero-order chi connectivity index (χ0) is 29.2. The molecule has 40 heavy (non-hydrogen) atoms. The van der Waals surface area contributed by atoms with Crippen LogP contribution in [0.25, 0.3) is 5.69 Å². The van der Waals surface area contributed by atoms with Crippen LogP contribution in [-0.2, 0) is 5.41 Å². The van der Waals surface area contributed by atoms with Crippen LogP contribution in [0.3, 0.4) is 0 Å². The lowest BCUT2D eigenvalue weighted by atomic mass is 9.84. The highest BCUT2D eigenvalue weighted by atomic mass is 16.5. The molecule has 0 spiro atoms. The van der Waals surface area contributed by atoms with Crippen molar-refractivity contribution in [2.45, 2.75) is 78.3 Å². The highest BCUT2D eigenvalue weighted by molar-refractivity contribution is 6.07. The number of anilines is 1. The number of nitrogens with one attached hydrogen (secondary N) is 2. The van der Waals surface area contributed by atoms with Crippen LogP contribution in [0, 0.1) is 18.3 Å². The molecular formula is C29H36N8O3. The molecule has 210 valence electrons. The van der Waals surface area contributed by atoms with Crippen molar-refractivity contribution in [1.29, 1.82) is 5.26 Å². The van der Waals surface area contributed by atoms with E-state index in [1.165, 1.54) is 18.0 Å². The highest BCUT2D eigenvalue weighted by Crippen LogP contribution is 2.32. The number of methoxy groups -OCH3 is 1. The quantitative estimate of drug-likeness (QED) is 0.468. The molecule has 1 aliphatic rings. The molecule has 11 heteroatoms. The van der Waals surface area contributed by atoms with Crippen molar-refractivity contribution < 1.29 is 14.3 Å². The van der Waals surface area contributed by atoms with E-state index < -0.39 is 5.91 Å². The lowest BCUT2D eigenvalue weighted by Crippen LogP contribution is -2.54. The minimum Gasteiger partial charge on any atom is -0.495 e. The monoisotopic (exact) mass is 544 g/mol. The summed E-state index contributed by atoms with van der Waals surface area (Å²) in [6.45, 7) is 12.0. The highest BCUT2D eigenvalue weighted by Gasteiger charge is 2.28. The van der Waals surface area contributed by atoms with Crippen molar-refractivity contribution >= 4 is 17.5 Å². The minimum absolute atomic E-state index is 0.173. The Labute approximate surface area is 234 Å². The summed E-state index contributed by atoms with van der Waals surface area (Å²) in [6.07, 6.45) is 6.25. The Bertz CT molecular complexity index is 1460. The molecule has 3 heterocycles. The van der Waals surface area contributed by atoms with E-state index in [2.05, 4.69) is 46.0 Å². The number of ether oxygens (including phenoxy) is 1. The summed E-state index contributed by atoms with van der Waals surface area (Å²) >= 11 is 0. The second kappa shape index (κ2) is 11.4. The van der Waals surface area contributed by atoms with E-state index in [-0.39, 0.29) is 46.0 Å². The third kappa shape index (κ3) is 5.97. The van der Waals surface area contributed by atoms with Crippen molar-refractivity contribution in [1.82, 2.24) is 30.4 Å². The lowest BCUT2D eigenvalue weighted by Gasteiger charge is -2.38. The Hall–Kier alpha value is -4.30. The van der Waals surface area contributed by atoms with Crippen molar-refractivity contribution in [2.24, 2.45) is 0 Å². The summed E-state index contributed by atoms with van der Waals surface area (Å²) < 4.78 is 6.90. The first-order chi connectivity index (χ1) is 18.9. The topological polar surface area (TPSA) is 138 Å². The van der Waals surface area contributed by atoms with Gasteiger partial charge in [-0.1, -0.05) is 32.4 Å². The number of piperidine rings is 1. The summed E-state index contributed by atoms with van der Waals surface area (Å²) in [5.41, 5.74) is 5.82. The number of rotatable bonds is 6. The maximum Gasteiger partial charge on any atom is 0.287 e. The number of carbonyl (C=O) groups excluding carboxylic acids is 2. The fraction of sp³-hybridized carbons (Fsp3) is 0.448. The van der Waals surface area contributed by atoms with E-state index in [1.54, 1.807) is 31.3 Å². The number of hydrogen-bond donors (Lipinski definition) is 2. The summed E-state index contributed by atoms with van der Waals surface area (Å²) in [7, 11) is 1.43. The average Bonchev–Trinajstić information content (AvgIpc) is 3.40. The third-order valence-corrected chi connectivity index (χ3v) is 7.24. The number of nitrogens with zero attached hydrogens (tertiary/aromatic N) is 6. The molecule has 0 aliphatic carbocycles. The van der Waals surface area contributed by atoms with Crippen molar-refractivity contribution in [3.8, 4) is 17.5 Å². The van der Waals surface area contributed by atoms with Crippen molar-refractivity contribution in [3.63, 3.8) is 0 Å². The van der Waals surface area contributed by atoms with Crippen LogP contribution in [0.5, 0.6) is 5.75 Å². The molecule has 0 saturated carbocycles. The molecule has 2 aromatic heterocycles. The van der Waals surface area contributed by atoms with Gasteiger partial charge < -0.3 is 10.1 Å². The molecule has 1 aromatic carbocycles. The minimum atomic E-state index is -0.445. The van der Waals surface area contributed by atoms with Crippen LogP contribution in [-0.4, -0.2) is 56.0 Å². The van der Waals surface area contributed by atoms with Gasteiger partial charge in [-0.3, -0.25) is 20.0 Å². The molecule has 0 radical (unpaired) electrons. The van der Waals surface area contributed by atoms with Gasteiger partial charge in [0.2, 0.25) is 0 Å². The Morgan fingerprint density at radius 1 is 1.12 bits per heavy atom. The molecular weight excluding hydrogens is 508 g/mol. The van der Waals surface area contributed by atoms with Crippen molar-refractivity contribution in [2.75, 3.05) is 12.4 Å². The van der Waals surface area contributed by atoms with E-state index in [1.807, 2.05) is 25.8 Å². The van der Waals surface area contributed by atoms with Gasteiger partial charge in [0, 0.05) is 12.1 Å². The van der Waals surface area contributed by atoms with Gasteiger partial charge in [0.15, 0.2) is 5.69 Å². The zero-order valence-electron chi connectivity index (χ0n) is 24.1. The number of pyridine rings is 1. The first kappa shape index (κ1) is 28.7. The molecule has 1 fully saturated rings. The van der Waals surface area contributed by atoms with Crippen LogP contribution in [0.4, 0.5) is 5.69 Å². The maximum atomic E-state index is 13.4. The van der Waals surface area contributed by atoms with Crippen LogP contribution >= 0.6 is 0 Å². The number of amides is 2. The van der Waals surface area contributed by atoms with E-state index in [0.29, 0.717) is 17.1 Å². The third-order valence-electron chi connectivity index (χ3n) is 7.24. The van der Waals surface area contributed by atoms with Gasteiger partial charge in [-0.25, -0.2) is 9.69 Å². The largest absolute Gasteiger partial charge is 0.495 e. The smallest absolute Gasteiger partial charge is 0.287 e. The average molecular weight is 545 g/mol. The standard InChI is InChI=1S/C29H36N8O3/c1-17-9-8-10-18(2)37(17)34-28(39)24-16-36(35-33-24)25-13-22(15-31-19(25)3)32-27(38)23-12-21(29(4,5)6)11-20(14-30)26(23)40-7/h11-13,15-18H,8-10H2,1-7H3,(H,32,38)(H,34,39). The molecule has 0 bridgehead atoms. The number of aryl methyl sites for hydroxylation is 1. The molecule has 1 saturated heterocycles. The first-order valence-corrected chi connectivity index (χ1v) is 13.4. The normalized spacial score (nSPS) is 17.6.